The summed E-state index contributed by atoms with van der Waals surface area (Å²) in [6, 6.07) is 2.84. The Morgan fingerprint density at radius 1 is 1.24 bits per heavy atom. The van der Waals surface area contributed by atoms with Gasteiger partial charge < -0.3 is 4.90 Å². The second-order valence-electron chi connectivity index (χ2n) is 6.57. The van der Waals surface area contributed by atoms with E-state index in [1.165, 1.54) is 12.1 Å². The molecular formula is C15H22ClNO3S. The maximum atomic E-state index is 12.6. The summed E-state index contributed by atoms with van der Waals surface area (Å²) in [4.78, 5) is 14.1. The van der Waals surface area contributed by atoms with Crippen LogP contribution in [0.15, 0.2) is 17.0 Å². The molecule has 0 saturated carbocycles. The third-order valence-corrected chi connectivity index (χ3v) is 4.54. The summed E-state index contributed by atoms with van der Waals surface area (Å²) in [5, 5.41) is 0. The minimum atomic E-state index is -3.86. The number of nitrogens with zero attached hydrogens (tertiary/aromatic N) is 1. The van der Waals surface area contributed by atoms with Gasteiger partial charge in [0.15, 0.2) is 0 Å². The molecule has 1 amide bonds. The number of rotatable bonds is 3. The van der Waals surface area contributed by atoms with Crippen molar-refractivity contribution in [3.05, 3.63) is 28.8 Å². The first-order chi connectivity index (χ1) is 9.33. The first-order valence-corrected chi connectivity index (χ1v) is 8.95. The number of aryl methyl sites for hydroxylation is 1. The summed E-state index contributed by atoms with van der Waals surface area (Å²) in [6.07, 6.45) is 0. The van der Waals surface area contributed by atoms with Gasteiger partial charge in [0, 0.05) is 29.8 Å². The smallest absolute Gasteiger partial charge is 0.261 e. The Morgan fingerprint density at radius 2 is 1.76 bits per heavy atom. The molecule has 4 nitrogen and oxygen atoms in total. The molecule has 1 aromatic carbocycles. The first-order valence-electron chi connectivity index (χ1n) is 6.64. The van der Waals surface area contributed by atoms with Crippen LogP contribution in [0.5, 0.6) is 0 Å². The third kappa shape index (κ3) is 4.71. The molecule has 0 radical (unpaired) electrons. The van der Waals surface area contributed by atoms with E-state index in [9.17, 15) is 13.2 Å². The van der Waals surface area contributed by atoms with Gasteiger partial charge in [0.05, 0.1) is 4.90 Å². The minimum Gasteiger partial charge on any atom is -0.341 e. The van der Waals surface area contributed by atoms with Crippen LogP contribution in [-0.2, 0) is 9.05 Å². The Hall–Kier alpha value is -1.07. The van der Waals surface area contributed by atoms with Crippen LogP contribution in [-0.4, -0.2) is 32.8 Å². The Labute approximate surface area is 131 Å². The fraction of sp³-hybridized carbons (Fsp3) is 0.533. The lowest BCUT2D eigenvalue weighted by molar-refractivity contribution is 0.0744. The summed E-state index contributed by atoms with van der Waals surface area (Å²) in [6.45, 7) is 10.2. The van der Waals surface area contributed by atoms with Gasteiger partial charge in [0.2, 0.25) is 0 Å². The van der Waals surface area contributed by atoms with Gasteiger partial charge in [-0.15, -0.1) is 0 Å². The van der Waals surface area contributed by atoms with Gasteiger partial charge in [-0.05, 0) is 42.5 Å². The molecule has 6 heteroatoms. The normalized spacial score (nSPS) is 12.3. The SMILES string of the molecule is Cc1cc(S(=O)(=O)Cl)cc(C(=O)N(C)CC(C)(C)C)c1C. The molecule has 0 aliphatic rings. The highest BCUT2D eigenvalue weighted by molar-refractivity contribution is 8.13. The number of amides is 1. The number of carbonyl (C=O) groups is 1. The van der Waals surface area contributed by atoms with Gasteiger partial charge in [0.1, 0.15) is 0 Å². The van der Waals surface area contributed by atoms with Crippen molar-refractivity contribution >= 4 is 25.6 Å². The fourth-order valence-corrected chi connectivity index (χ4v) is 3.02. The molecule has 0 unspecified atom stereocenters. The van der Waals surface area contributed by atoms with Crippen molar-refractivity contribution in [3.8, 4) is 0 Å². The van der Waals surface area contributed by atoms with Crippen LogP contribution in [0.4, 0.5) is 0 Å². The third-order valence-electron chi connectivity index (χ3n) is 3.21. The number of hydrogen-bond donors (Lipinski definition) is 0. The molecule has 0 aliphatic heterocycles. The lowest BCUT2D eigenvalue weighted by Crippen LogP contribution is -2.35. The zero-order valence-electron chi connectivity index (χ0n) is 13.3. The molecule has 0 atom stereocenters. The van der Waals surface area contributed by atoms with Gasteiger partial charge >= 0.3 is 0 Å². The molecule has 118 valence electrons. The van der Waals surface area contributed by atoms with Gasteiger partial charge in [-0.3, -0.25) is 4.79 Å². The van der Waals surface area contributed by atoms with Gasteiger partial charge in [-0.2, -0.15) is 0 Å². The van der Waals surface area contributed by atoms with E-state index in [0.717, 1.165) is 11.1 Å². The molecular weight excluding hydrogens is 310 g/mol. The lowest BCUT2D eigenvalue weighted by atomic mass is 9.95. The predicted octanol–water partition coefficient (Wildman–Crippen LogP) is 3.35. The Morgan fingerprint density at radius 3 is 2.19 bits per heavy atom. The summed E-state index contributed by atoms with van der Waals surface area (Å²) in [5.74, 6) is -0.201. The standard InChI is InChI=1S/C15H22ClNO3S/c1-10-7-12(21(16,19)20)8-13(11(10)2)14(18)17(6)9-15(3,4)5/h7-8H,9H2,1-6H3. The number of halogens is 1. The summed E-state index contributed by atoms with van der Waals surface area (Å²) in [5.41, 5.74) is 1.83. The highest BCUT2D eigenvalue weighted by atomic mass is 35.7. The van der Waals surface area contributed by atoms with Crippen molar-refractivity contribution in [1.82, 2.24) is 4.90 Å². The van der Waals surface area contributed by atoms with E-state index in [2.05, 4.69) is 0 Å². The van der Waals surface area contributed by atoms with Crippen LogP contribution in [0, 0.1) is 19.3 Å². The second-order valence-corrected chi connectivity index (χ2v) is 9.14. The average molecular weight is 332 g/mol. The molecule has 0 N–H and O–H groups in total. The van der Waals surface area contributed by atoms with Crippen molar-refractivity contribution < 1.29 is 13.2 Å². The van der Waals surface area contributed by atoms with Crippen molar-refractivity contribution in [2.24, 2.45) is 5.41 Å². The van der Waals surface area contributed by atoms with Crippen molar-refractivity contribution in [3.63, 3.8) is 0 Å². The van der Waals surface area contributed by atoms with E-state index in [1.54, 1.807) is 25.8 Å². The maximum absolute atomic E-state index is 12.6. The van der Waals surface area contributed by atoms with E-state index in [-0.39, 0.29) is 16.2 Å². The average Bonchev–Trinajstić information content (AvgIpc) is 2.27. The van der Waals surface area contributed by atoms with Crippen LogP contribution in [0.3, 0.4) is 0 Å². The first kappa shape index (κ1) is 18.0. The molecule has 0 saturated heterocycles. The van der Waals surface area contributed by atoms with E-state index in [4.69, 9.17) is 10.7 Å². The highest BCUT2D eigenvalue weighted by Gasteiger charge is 2.23. The number of carbonyl (C=O) groups excluding carboxylic acids is 1. The van der Waals surface area contributed by atoms with Crippen molar-refractivity contribution in [1.29, 1.82) is 0 Å². The van der Waals surface area contributed by atoms with E-state index in [1.807, 2.05) is 20.8 Å². The van der Waals surface area contributed by atoms with Crippen LogP contribution in [0.1, 0.15) is 42.3 Å². The molecule has 0 aliphatic carbocycles. The Kier molecular flexibility index (Phi) is 5.11. The van der Waals surface area contributed by atoms with Crippen LogP contribution in [0.25, 0.3) is 0 Å². The van der Waals surface area contributed by atoms with E-state index in [0.29, 0.717) is 12.1 Å². The largest absolute Gasteiger partial charge is 0.341 e. The summed E-state index contributed by atoms with van der Waals surface area (Å²) in [7, 11) is 3.25. The summed E-state index contributed by atoms with van der Waals surface area (Å²) >= 11 is 0. The Bertz CT molecular complexity index is 660. The molecule has 21 heavy (non-hydrogen) atoms. The number of benzene rings is 1. The zero-order chi connectivity index (χ0) is 16.6. The van der Waals surface area contributed by atoms with Crippen molar-refractivity contribution in [2.45, 2.75) is 39.5 Å². The van der Waals surface area contributed by atoms with Gasteiger partial charge in [-0.25, -0.2) is 8.42 Å². The Balaban J connectivity index is 3.30. The summed E-state index contributed by atoms with van der Waals surface area (Å²) < 4.78 is 23.0. The van der Waals surface area contributed by atoms with Crippen molar-refractivity contribution in [2.75, 3.05) is 13.6 Å². The second kappa shape index (κ2) is 5.97. The van der Waals surface area contributed by atoms with Gasteiger partial charge in [0.25, 0.3) is 15.0 Å². The number of hydrogen-bond acceptors (Lipinski definition) is 3. The minimum absolute atomic E-state index is 0.0382. The van der Waals surface area contributed by atoms with E-state index >= 15 is 0 Å². The topological polar surface area (TPSA) is 54.5 Å². The van der Waals surface area contributed by atoms with Crippen LogP contribution < -0.4 is 0 Å². The molecule has 0 spiro atoms. The lowest BCUT2D eigenvalue weighted by Gasteiger charge is -2.27. The molecule has 1 aromatic rings. The van der Waals surface area contributed by atoms with Crippen LogP contribution in [0.2, 0.25) is 0 Å². The zero-order valence-corrected chi connectivity index (χ0v) is 14.9. The fourth-order valence-electron chi connectivity index (χ4n) is 2.18. The molecule has 1 rings (SSSR count). The molecule has 0 bridgehead atoms. The van der Waals surface area contributed by atoms with E-state index < -0.39 is 9.05 Å². The monoisotopic (exact) mass is 331 g/mol. The molecule has 0 aromatic heterocycles. The molecule has 0 fully saturated rings. The highest BCUT2D eigenvalue weighted by Crippen LogP contribution is 2.24. The molecule has 0 heterocycles. The van der Waals surface area contributed by atoms with Crippen LogP contribution >= 0.6 is 10.7 Å². The predicted molar refractivity (Wildman–Crippen MR) is 85.4 cm³/mol. The maximum Gasteiger partial charge on any atom is 0.261 e. The quantitative estimate of drug-likeness (QED) is 0.798. The van der Waals surface area contributed by atoms with Gasteiger partial charge in [-0.1, -0.05) is 20.8 Å².